The van der Waals surface area contributed by atoms with Crippen LogP contribution in [0.25, 0.3) is 0 Å². The second-order valence-corrected chi connectivity index (χ2v) is 5.64. The van der Waals surface area contributed by atoms with Crippen molar-refractivity contribution in [3.8, 4) is 0 Å². The standard InChI is InChI=1S/C15H19F3N4O.HI/c1-9-3-2-6-22(8-9)15(19)20-7-12(23)21-11-5-4-10(16)13(17)14(11)18;/h4-5,9H,2-3,6-8H2,1H3,(H2,19,20)(H,21,23);1H. The van der Waals surface area contributed by atoms with Crippen molar-refractivity contribution in [3.63, 3.8) is 0 Å². The molecule has 1 aliphatic rings. The lowest BCUT2D eigenvalue weighted by Crippen LogP contribution is -2.43. The van der Waals surface area contributed by atoms with Gasteiger partial charge in [0.2, 0.25) is 5.91 Å². The van der Waals surface area contributed by atoms with E-state index in [1.807, 2.05) is 4.90 Å². The average Bonchev–Trinajstić information content (AvgIpc) is 2.53. The topological polar surface area (TPSA) is 70.7 Å². The summed E-state index contributed by atoms with van der Waals surface area (Å²) < 4.78 is 39.4. The van der Waals surface area contributed by atoms with Gasteiger partial charge in [0.1, 0.15) is 6.54 Å². The molecule has 1 atom stereocenters. The Kier molecular flexibility index (Phi) is 7.77. The Labute approximate surface area is 155 Å². The summed E-state index contributed by atoms with van der Waals surface area (Å²) in [7, 11) is 0. The zero-order chi connectivity index (χ0) is 17.0. The highest BCUT2D eigenvalue weighted by Crippen LogP contribution is 2.19. The number of carbonyl (C=O) groups excluding carboxylic acids is 1. The lowest BCUT2D eigenvalue weighted by Gasteiger charge is -2.31. The second kappa shape index (κ2) is 9.09. The Balaban J connectivity index is 0.00000288. The van der Waals surface area contributed by atoms with Gasteiger partial charge in [0.05, 0.1) is 5.69 Å². The fraction of sp³-hybridized carbons (Fsp3) is 0.467. The maximum absolute atomic E-state index is 13.5. The predicted molar refractivity (Wildman–Crippen MR) is 96.8 cm³/mol. The van der Waals surface area contributed by atoms with Crippen molar-refractivity contribution in [1.82, 2.24) is 4.90 Å². The number of benzene rings is 1. The molecule has 0 bridgehead atoms. The van der Waals surface area contributed by atoms with E-state index in [1.165, 1.54) is 0 Å². The number of nitrogens with one attached hydrogen (secondary N) is 1. The van der Waals surface area contributed by atoms with Crippen LogP contribution in [-0.2, 0) is 4.79 Å². The highest BCUT2D eigenvalue weighted by molar-refractivity contribution is 14.0. The van der Waals surface area contributed by atoms with Crippen LogP contribution in [0.3, 0.4) is 0 Å². The van der Waals surface area contributed by atoms with E-state index in [-0.39, 0.29) is 36.5 Å². The first kappa shape index (κ1) is 20.5. The third kappa shape index (κ3) is 5.25. The molecule has 0 radical (unpaired) electrons. The number of likely N-dealkylation sites (tertiary alicyclic amines) is 1. The maximum Gasteiger partial charge on any atom is 0.246 e. The summed E-state index contributed by atoms with van der Waals surface area (Å²) in [6, 6.07) is 1.69. The summed E-state index contributed by atoms with van der Waals surface area (Å²) in [5, 5.41) is 2.14. The van der Waals surface area contributed by atoms with Crippen LogP contribution in [0.4, 0.5) is 18.9 Å². The Morgan fingerprint density at radius 2 is 2.08 bits per heavy atom. The number of hydrogen-bond donors (Lipinski definition) is 2. The van der Waals surface area contributed by atoms with Gasteiger partial charge in [-0.3, -0.25) is 4.79 Å². The highest BCUT2D eigenvalue weighted by atomic mass is 127. The van der Waals surface area contributed by atoms with Crippen LogP contribution >= 0.6 is 24.0 Å². The minimum Gasteiger partial charge on any atom is -0.370 e. The molecule has 3 N–H and O–H groups in total. The van der Waals surface area contributed by atoms with Crippen molar-refractivity contribution in [2.45, 2.75) is 19.8 Å². The summed E-state index contributed by atoms with van der Waals surface area (Å²) >= 11 is 0. The summed E-state index contributed by atoms with van der Waals surface area (Å²) in [5.74, 6) is -4.31. The third-order valence-corrected chi connectivity index (χ3v) is 3.67. The molecule has 0 saturated carbocycles. The third-order valence-electron chi connectivity index (χ3n) is 3.67. The molecule has 1 unspecified atom stereocenters. The van der Waals surface area contributed by atoms with Crippen molar-refractivity contribution in [2.75, 3.05) is 25.0 Å². The monoisotopic (exact) mass is 456 g/mol. The molecule has 0 aromatic heterocycles. The molecule has 1 aliphatic heterocycles. The Morgan fingerprint density at radius 3 is 2.75 bits per heavy atom. The number of anilines is 1. The van der Waals surface area contributed by atoms with Crippen LogP contribution < -0.4 is 11.1 Å². The number of rotatable bonds is 3. The van der Waals surface area contributed by atoms with Crippen LogP contribution in [0.15, 0.2) is 17.1 Å². The highest BCUT2D eigenvalue weighted by Gasteiger charge is 2.18. The number of carbonyl (C=O) groups is 1. The molecule has 134 valence electrons. The molecule has 1 fully saturated rings. The summed E-state index contributed by atoms with van der Waals surface area (Å²) in [6.07, 6.45) is 2.13. The van der Waals surface area contributed by atoms with Crippen molar-refractivity contribution < 1.29 is 18.0 Å². The van der Waals surface area contributed by atoms with Crippen molar-refractivity contribution in [2.24, 2.45) is 16.6 Å². The van der Waals surface area contributed by atoms with Gasteiger partial charge in [0, 0.05) is 13.1 Å². The molecule has 5 nitrogen and oxygen atoms in total. The van der Waals surface area contributed by atoms with E-state index in [4.69, 9.17) is 5.73 Å². The number of guanidine groups is 1. The van der Waals surface area contributed by atoms with Gasteiger partial charge in [-0.2, -0.15) is 0 Å². The van der Waals surface area contributed by atoms with Crippen LogP contribution in [0.2, 0.25) is 0 Å². The van der Waals surface area contributed by atoms with Gasteiger partial charge in [-0.25, -0.2) is 18.2 Å². The van der Waals surface area contributed by atoms with Crippen LogP contribution in [0.1, 0.15) is 19.8 Å². The molecule has 9 heteroatoms. The first-order chi connectivity index (χ1) is 10.9. The van der Waals surface area contributed by atoms with E-state index in [9.17, 15) is 18.0 Å². The number of hydrogen-bond acceptors (Lipinski definition) is 2. The summed E-state index contributed by atoms with van der Waals surface area (Å²) in [6.45, 7) is 3.33. The Bertz CT molecular complexity index is 627. The molecular formula is C15H20F3IN4O. The number of aliphatic imine (C=N–C) groups is 1. The molecule has 1 amide bonds. The largest absolute Gasteiger partial charge is 0.370 e. The number of nitrogens with two attached hydrogens (primary N) is 1. The normalized spacial score (nSPS) is 18.1. The lowest BCUT2D eigenvalue weighted by atomic mass is 10.0. The zero-order valence-corrected chi connectivity index (χ0v) is 15.5. The predicted octanol–water partition coefficient (Wildman–Crippen LogP) is 2.71. The van der Waals surface area contributed by atoms with Crippen LogP contribution in [0, 0.1) is 23.4 Å². The van der Waals surface area contributed by atoms with E-state index < -0.39 is 29.0 Å². The van der Waals surface area contributed by atoms with Crippen molar-refractivity contribution in [3.05, 3.63) is 29.6 Å². The van der Waals surface area contributed by atoms with E-state index in [2.05, 4.69) is 17.2 Å². The SMILES string of the molecule is CC1CCCN(C(N)=NCC(=O)Nc2ccc(F)c(F)c2F)C1.I. The number of amides is 1. The molecule has 1 saturated heterocycles. The van der Waals surface area contributed by atoms with Crippen molar-refractivity contribution >= 4 is 41.5 Å². The molecule has 1 heterocycles. The van der Waals surface area contributed by atoms with Gasteiger partial charge in [-0.1, -0.05) is 6.92 Å². The molecule has 0 aliphatic carbocycles. The molecule has 0 spiro atoms. The minimum atomic E-state index is -1.63. The molecule has 2 rings (SSSR count). The number of piperidine rings is 1. The number of nitrogens with zero attached hydrogens (tertiary/aromatic N) is 2. The molecule has 24 heavy (non-hydrogen) atoms. The Hall–Kier alpha value is -1.52. The fourth-order valence-corrected chi connectivity index (χ4v) is 2.46. The molecule has 1 aromatic carbocycles. The second-order valence-electron chi connectivity index (χ2n) is 5.64. The molecular weight excluding hydrogens is 436 g/mol. The van der Waals surface area contributed by atoms with Crippen molar-refractivity contribution in [1.29, 1.82) is 0 Å². The Morgan fingerprint density at radius 1 is 1.38 bits per heavy atom. The van der Waals surface area contributed by atoms with Gasteiger partial charge in [-0.05, 0) is 30.9 Å². The van der Waals surface area contributed by atoms with E-state index in [0.717, 1.165) is 38.1 Å². The summed E-state index contributed by atoms with van der Waals surface area (Å²) in [4.78, 5) is 17.6. The van der Waals surface area contributed by atoms with Gasteiger partial charge in [0.15, 0.2) is 23.4 Å². The van der Waals surface area contributed by atoms with Crippen LogP contribution in [-0.4, -0.2) is 36.4 Å². The van der Waals surface area contributed by atoms with E-state index in [0.29, 0.717) is 5.92 Å². The smallest absolute Gasteiger partial charge is 0.246 e. The first-order valence-electron chi connectivity index (χ1n) is 7.36. The average molecular weight is 456 g/mol. The van der Waals surface area contributed by atoms with E-state index in [1.54, 1.807) is 0 Å². The zero-order valence-electron chi connectivity index (χ0n) is 13.2. The number of halogens is 4. The van der Waals surface area contributed by atoms with E-state index >= 15 is 0 Å². The van der Waals surface area contributed by atoms with Gasteiger partial charge in [-0.15, -0.1) is 24.0 Å². The first-order valence-corrected chi connectivity index (χ1v) is 7.36. The van der Waals surface area contributed by atoms with Gasteiger partial charge >= 0.3 is 0 Å². The fourth-order valence-electron chi connectivity index (χ4n) is 2.46. The minimum absolute atomic E-state index is 0. The maximum atomic E-state index is 13.5. The van der Waals surface area contributed by atoms with Gasteiger partial charge in [0.25, 0.3) is 0 Å². The lowest BCUT2D eigenvalue weighted by molar-refractivity contribution is -0.114. The summed E-state index contributed by atoms with van der Waals surface area (Å²) in [5.41, 5.74) is 5.40. The van der Waals surface area contributed by atoms with Crippen LogP contribution in [0.5, 0.6) is 0 Å². The molecule has 1 aromatic rings. The quantitative estimate of drug-likeness (QED) is 0.318. The van der Waals surface area contributed by atoms with Gasteiger partial charge < -0.3 is 16.0 Å².